The van der Waals surface area contributed by atoms with E-state index in [1.807, 2.05) is 18.3 Å². The predicted molar refractivity (Wildman–Crippen MR) is 149 cm³/mol. The van der Waals surface area contributed by atoms with Crippen molar-refractivity contribution in [2.75, 3.05) is 0 Å². The topological polar surface area (TPSA) is 30.1 Å². The van der Waals surface area contributed by atoms with Crippen molar-refractivity contribution in [3.8, 4) is 11.1 Å². The zero-order chi connectivity index (χ0) is 24.0. The van der Waals surface area contributed by atoms with E-state index in [2.05, 4.69) is 79.5 Å². The maximum absolute atomic E-state index is 6.57. The second kappa shape index (κ2) is 6.77. The van der Waals surface area contributed by atoms with Crippen LogP contribution in [0.1, 0.15) is 22.3 Å². The molecule has 2 aromatic heterocycles. The van der Waals surface area contributed by atoms with E-state index in [9.17, 15) is 0 Å². The van der Waals surface area contributed by atoms with Crippen molar-refractivity contribution in [2.24, 2.45) is 0 Å². The normalized spacial score (nSPS) is 12.5. The molecule has 168 valence electrons. The third-order valence-corrected chi connectivity index (χ3v) is 7.63. The smallest absolute Gasteiger partial charge is 0.146 e. The van der Waals surface area contributed by atoms with E-state index in [1.54, 1.807) is 6.20 Å². The molecule has 6 aromatic rings. The number of para-hydroxylation sites is 1. The lowest BCUT2D eigenvalue weighted by Crippen LogP contribution is -2.09. The minimum Gasteiger partial charge on any atom is -0.455 e. The summed E-state index contributed by atoms with van der Waals surface area (Å²) in [5.74, 6) is 0. The lowest BCUT2D eigenvalue weighted by molar-refractivity contribution is 0.668. The molecule has 0 aliphatic heterocycles. The maximum Gasteiger partial charge on any atom is 0.146 e. The first-order valence-corrected chi connectivity index (χ1v) is 11.8. The van der Waals surface area contributed by atoms with Crippen LogP contribution in [0.5, 0.6) is 0 Å². The molecule has 2 heterocycles. The van der Waals surface area contributed by atoms with Crippen LogP contribution in [-0.2, 0) is 6.42 Å². The highest BCUT2D eigenvalue weighted by atomic mass is 16.3. The quantitative estimate of drug-likeness (QED) is 0.300. The highest BCUT2D eigenvalue weighted by molar-refractivity contribution is 6.32. The summed E-state index contributed by atoms with van der Waals surface area (Å²) in [4.78, 5) is 0. The number of aryl methyl sites for hydroxylation is 1. The summed E-state index contributed by atoms with van der Waals surface area (Å²) >= 11 is 0. The summed E-state index contributed by atoms with van der Waals surface area (Å²) in [6.45, 7) is 19.2. The molecule has 1 N–H and O–H groups in total. The van der Waals surface area contributed by atoms with Crippen LogP contribution in [-0.4, -0.2) is 4.57 Å². The van der Waals surface area contributed by atoms with Gasteiger partial charge >= 0.3 is 0 Å². The number of hydrogen-bond donors (Lipinski definition) is 1. The number of furan rings is 1. The van der Waals surface area contributed by atoms with Crippen LogP contribution in [0.3, 0.4) is 0 Å². The average molecular weight is 453 g/mol. The Morgan fingerprint density at radius 3 is 2.57 bits per heavy atom. The van der Waals surface area contributed by atoms with E-state index in [1.165, 1.54) is 38.7 Å². The molecular formula is C32H24N2O. The Morgan fingerprint density at radius 2 is 1.77 bits per heavy atom. The molecule has 3 nitrogen and oxygen atoms in total. The molecule has 0 bridgehead atoms. The van der Waals surface area contributed by atoms with E-state index >= 15 is 0 Å². The zero-order valence-corrected chi connectivity index (χ0v) is 19.7. The van der Waals surface area contributed by atoms with Gasteiger partial charge in [-0.1, -0.05) is 68.8 Å². The lowest BCUT2D eigenvalue weighted by Gasteiger charge is -2.18. The van der Waals surface area contributed by atoms with Crippen LogP contribution in [0.4, 0.5) is 0 Å². The Labute approximate surface area is 202 Å². The summed E-state index contributed by atoms with van der Waals surface area (Å²) in [5.41, 5.74) is 11.1. The van der Waals surface area contributed by atoms with Gasteiger partial charge in [0, 0.05) is 56.2 Å². The monoisotopic (exact) mass is 452 g/mol. The second-order valence-corrected chi connectivity index (χ2v) is 9.29. The van der Waals surface area contributed by atoms with Crippen molar-refractivity contribution >= 4 is 62.1 Å². The van der Waals surface area contributed by atoms with Gasteiger partial charge in [-0.05, 0) is 47.0 Å². The standard InChI is InChI=1S/C32H24N2O/c1-6-33-18(4)27-26-17(3)25-21-13-9-8-12-20(21)16-23(25)31-30(26)28(19(5)34(31)7-2)29-22-14-10-11-15-24(22)35-32(27)29/h6-15,33H,1-2,4-5,16H2,3H3. The molecule has 4 aromatic carbocycles. The number of rotatable bonds is 4. The van der Waals surface area contributed by atoms with Gasteiger partial charge in [-0.25, -0.2) is 0 Å². The van der Waals surface area contributed by atoms with Crippen LogP contribution >= 0.6 is 0 Å². The number of benzene rings is 4. The predicted octanol–water partition coefficient (Wildman–Crippen LogP) is 7.51. The molecule has 1 aliphatic rings. The van der Waals surface area contributed by atoms with Crippen LogP contribution in [0.25, 0.3) is 73.2 Å². The Bertz CT molecular complexity index is 1980. The number of nitrogens with zero attached hydrogens (tertiary/aromatic N) is 1. The van der Waals surface area contributed by atoms with Crippen molar-refractivity contribution in [3.05, 3.63) is 102 Å². The van der Waals surface area contributed by atoms with Gasteiger partial charge in [-0.15, -0.1) is 0 Å². The van der Waals surface area contributed by atoms with Gasteiger partial charge < -0.3 is 14.3 Å². The Kier molecular flexibility index (Phi) is 3.85. The van der Waals surface area contributed by atoms with Gasteiger partial charge in [0.25, 0.3) is 0 Å². The fourth-order valence-electron chi connectivity index (χ4n) is 6.33. The lowest BCUT2D eigenvalue weighted by atomic mass is 9.87. The van der Waals surface area contributed by atoms with Gasteiger partial charge in [0.15, 0.2) is 0 Å². The molecule has 0 radical (unpaired) electrons. The molecule has 1 aliphatic carbocycles. The van der Waals surface area contributed by atoms with Gasteiger partial charge in [0.2, 0.25) is 0 Å². The summed E-state index contributed by atoms with van der Waals surface area (Å²) < 4.78 is 8.73. The molecule has 7 rings (SSSR count). The fourth-order valence-corrected chi connectivity index (χ4v) is 6.33. The maximum atomic E-state index is 6.57. The SMILES string of the molecule is C=CNC(=C)c1c2oc3ccccc3c2c2c(=C)n(C=C)c3c4c(c(C)c1c23)-c1ccccc1C4. The number of hydrogen-bond acceptors (Lipinski definition) is 2. The molecular weight excluding hydrogens is 428 g/mol. The minimum absolute atomic E-state index is 0.763. The number of nitrogens with one attached hydrogen (secondary N) is 1. The molecule has 3 heteroatoms. The summed E-state index contributed by atoms with van der Waals surface area (Å²) in [5, 5.41) is 9.78. The first-order chi connectivity index (χ1) is 17.1. The average Bonchev–Trinajstić information content (AvgIpc) is 3.51. The van der Waals surface area contributed by atoms with Crippen molar-refractivity contribution in [1.29, 1.82) is 0 Å². The molecule has 0 atom stereocenters. The highest BCUT2D eigenvalue weighted by Gasteiger charge is 2.31. The largest absolute Gasteiger partial charge is 0.455 e. The number of aromatic nitrogens is 1. The third-order valence-electron chi connectivity index (χ3n) is 7.63. The molecule has 0 unspecified atom stereocenters. The van der Waals surface area contributed by atoms with Gasteiger partial charge in [0.1, 0.15) is 11.2 Å². The first-order valence-electron chi connectivity index (χ1n) is 11.8. The summed E-state index contributed by atoms with van der Waals surface area (Å²) in [6.07, 6.45) is 4.45. The molecule has 0 fully saturated rings. The van der Waals surface area contributed by atoms with E-state index in [-0.39, 0.29) is 0 Å². The van der Waals surface area contributed by atoms with E-state index in [0.717, 1.165) is 55.7 Å². The van der Waals surface area contributed by atoms with Gasteiger partial charge in [-0.3, -0.25) is 0 Å². The molecule has 35 heavy (non-hydrogen) atoms. The third kappa shape index (κ3) is 2.30. The molecule has 0 saturated carbocycles. The van der Waals surface area contributed by atoms with E-state index < -0.39 is 0 Å². The Balaban J connectivity index is 1.86. The van der Waals surface area contributed by atoms with Gasteiger partial charge in [-0.2, -0.15) is 0 Å². The van der Waals surface area contributed by atoms with Crippen LogP contribution < -0.4 is 10.7 Å². The second-order valence-electron chi connectivity index (χ2n) is 9.29. The van der Waals surface area contributed by atoms with Crippen molar-refractivity contribution in [2.45, 2.75) is 13.3 Å². The zero-order valence-electron chi connectivity index (χ0n) is 19.7. The Hall–Kier alpha value is -4.50. The first kappa shape index (κ1) is 19.9. The highest BCUT2D eigenvalue weighted by Crippen LogP contribution is 2.50. The summed E-state index contributed by atoms with van der Waals surface area (Å²) in [6, 6.07) is 16.9. The number of fused-ring (bicyclic) bond motifs is 8. The van der Waals surface area contributed by atoms with Gasteiger partial charge in [0.05, 0.1) is 5.52 Å². The van der Waals surface area contributed by atoms with E-state index in [4.69, 9.17) is 4.42 Å². The van der Waals surface area contributed by atoms with Crippen molar-refractivity contribution < 1.29 is 4.42 Å². The van der Waals surface area contributed by atoms with Crippen LogP contribution in [0.15, 0.2) is 78.9 Å². The molecule has 0 spiro atoms. The Morgan fingerprint density at radius 1 is 1.00 bits per heavy atom. The van der Waals surface area contributed by atoms with Crippen LogP contribution in [0, 0.1) is 6.92 Å². The molecule has 0 amide bonds. The summed E-state index contributed by atoms with van der Waals surface area (Å²) in [7, 11) is 0. The van der Waals surface area contributed by atoms with E-state index in [0.29, 0.717) is 0 Å². The van der Waals surface area contributed by atoms with Crippen molar-refractivity contribution in [3.63, 3.8) is 0 Å². The van der Waals surface area contributed by atoms with Crippen LogP contribution in [0.2, 0.25) is 0 Å². The fraction of sp³-hybridized carbons (Fsp3) is 0.0625. The van der Waals surface area contributed by atoms with Crippen molar-refractivity contribution in [1.82, 2.24) is 9.88 Å². The minimum atomic E-state index is 0.763. The molecule has 0 saturated heterocycles.